The first-order valence-electron chi connectivity index (χ1n) is 14.3. The number of halogens is 1. The highest BCUT2D eigenvalue weighted by Gasteiger charge is 2.38. The molecule has 3 rings (SSSR count). The van der Waals surface area contributed by atoms with E-state index in [0.717, 1.165) is 34.1 Å². The van der Waals surface area contributed by atoms with Crippen LogP contribution in [0.25, 0.3) is 0 Å². The first-order valence-corrected chi connectivity index (χ1v) is 18.8. The maximum atomic E-state index is 14.0. The van der Waals surface area contributed by atoms with Crippen LogP contribution in [0.15, 0.2) is 107 Å². The zero-order chi connectivity index (χ0) is 34.1. The Morgan fingerprint density at radius 2 is 1.37 bits per heavy atom. The fourth-order valence-corrected chi connectivity index (χ4v) is 8.70. The molecule has 0 atom stereocenters. The Morgan fingerprint density at radius 1 is 0.848 bits per heavy atom. The van der Waals surface area contributed by atoms with E-state index in [0.29, 0.717) is 5.57 Å². The molecule has 0 saturated heterocycles. The standard InChI is InChI=1S/C32H38FN2O8PS2/c1-6-42-44(37,43-7-2)32(36)30-12-8-9-13-31(30)35(46(40,41)29-20-16-27(33)17-21-29)23-11-10-22-34(24-25(3)4)45(38,39)28-18-14-26(5)15-19-28/h8-21H,3,6-7,22-24H2,1-2,4-5H3/b11-10+. The van der Waals surface area contributed by atoms with Crippen molar-refractivity contribution >= 4 is 38.9 Å². The van der Waals surface area contributed by atoms with Crippen LogP contribution in [0.2, 0.25) is 0 Å². The number of anilines is 1. The highest BCUT2D eigenvalue weighted by Crippen LogP contribution is 2.52. The van der Waals surface area contributed by atoms with Crippen LogP contribution in [-0.4, -0.2) is 59.5 Å². The zero-order valence-electron chi connectivity index (χ0n) is 26.1. The van der Waals surface area contributed by atoms with Gasteiger partial charge in [-0.3, -0.25) is 13.7 Å². The third-order valence-corrected chi connectivity index (χ3v) is 12.1. The van der Waals surface area contributed by atoms with Crippen LogP contribution in [0.1, 0.15) is 36.7 Å². The van der Waals surface area contributed by atoms with E-state index in [1.165, 1.54) is 66.7 Å². The number of para-hydroxylation sites is 1. The second-order valence-corrected chi connectivity index (χ2v) is 15.9. The van der Waals surface area contributed by atoms with Crippen molar-refractivity contribution in [1.82, 2.24) is 4.31 Å². The van der Waals surface area contributed by atoms with E-state index in [-0.39, 0.29) is 53.9 Å². The van der Waals surface area contributed by atoms with Crippen LogP contribution in [0.4, 0.5) is 10.1 Å². The number of hydrogen-bond donors (Lipinski definition) is 0. The minimum atomic E-state index is -4.45. The molecule has 3 aromatic rings. The molecule has 0 radical (unpaired) electrons. The molecule has 0 unspecified atom stereocenters. The second kappa shape index (κ2) is 15.9. The summed E-state index contributed by atoms with van der Waals surface area (Å²) in [5.41, 5.74) is 0.0761. The molecule has 0 spiro atoms. The molecular formula is C32H38FN2O8PS2. The number of benzene rings is 3. The predicted molar refractivity (Wildman–Crippen MR) is 176 cm³/mol. The first kappa shape index (κ1) is 37.0. The largest absolute Gasteiger partial charge is 0.401 e. The van der Waals surface area contributed by atoms with E-state index in [4.69, 9.17) is 9.05 Å². The molecule has 0 aromatic heterocycles. The van der Waals surface area contributed by atoms with Gasteiger partial charge < -0.3 is 9.05 Å². The summed E-state index contributed by atoms with van der Waals surface area (Å²) in [4.78, 5) is 13.4. The normalized spacial score (nSPS) is 12.5. The highest BCUT2D eigenvalue weighted by atomic mass is 32.2. The minimum Gasteiger partial charge on any atom is -0.303 e. The summed E-state index contributed by atoms with van der Waals surface area (Å²) >= 11 is 0. The van der Waals surface area contributed by atoms with Gasteiger partial charge in [-0.05, 0) is 76.2 Å². The van der Waals surface area contributed by atoms with Crippen molar-refractivity contribution in [2.24, 2.45) is 0 Å². The SMILES string of the molecule is C=C(C)CN(C/C=C/CN(c1ccccc1C(=O)P(=O)(OCC)OCC)S(=O)(=O)c1ccc(F)cc1)S(=O)(=O)c1ccc(C)cc1. The Hall–Kier alpha value is -3.45. The fourth-order valence-electron chi connectivity index (χ4n) is 4.34. The molecule has 14 heteroatoms. The Kier molecular flexibility index (Phi) is 12.8. The predicted octanol–water partition coefficient (Wildman–Crippen LogP) is 6.56. The van der Waals surface area contributed by atoms with Crippen LogP contribution >= 0.6 is 7.60 Å². The second-order valence-electron chi connectivity index (χ2n) is 10.2. The molecule has 0 aliphatic carbocycles. The average molecular weight is 693 g/mol. The molecule has 0 heterocycles. The van der Waals surface area contributed by atoms with Gasteiger partial charge in [-0.25, -0.2) is 21.2 Å². The number of sulfonamides is 2. The van der Waals surface area contributed by atoms with E-state index in [9.17, 15) is 30.6 Å². The number of carbonyl (C=O) groups is 1. The van der Waals surface area contributed by atoms with E-state index < -0.39 is 39.0 Å². The third-order valence-electron chi connectivity index (χ3n) is 6.50. The Labute approximate surface area is 270 Å². The van der Waals surface area contributed by atoms with Gasteiger partial charge in [0.2, 0.25) is 10.0 Å². The lowest BCUT2D eigenvalue weighted by Gasteiger charge is -2.26. The summed E-state index contributed by atoms with van der Waals surface area (Å²) in [5, 5.41) is 0. The Bertz CT molecular complexity index is 1820. The van der Waals surface area contributed by atoms with Crippen molar-refractivity contribution < 1.29 is 39.6 Å². The van der Waals surface area contributed by atoms with Gasteiger partial charge in [-0.1, -0.05) is 54.1 Å². The zero-order valence-corrected chi connectivity index (χ0v) is 28.7. The minimum absolute atomic E-state index is 0.0135. The van der Waals surface area contributed by atoms with Crippen molar-refractivity contribution in [2.45, 2.75) is 37.5 Å². The van der Waals surface area contributed by atoms with Crippen molar-refractivity contribution in [3.05, 3.63) is 114 Å². The third kappa shape index (κ3) is 8.87. The topological polar surface area (TPSA) is 127 Å². The fraction of sp³-hybridized carbons (Fsp3) is 0.281. The maximum absolute atomic E-state index is 14.0. The summed E-state index contributed by atoms with van der Waals surface area (Å²) in [6, 6.07) is 16.2. The Balaban J connectivity index is 2.07. The molecule has 0 N–H and O–H groups in total. The van der Waals surface area contributed by atoms with Crippen molar-refractivity contribution in [3.8, 4) is 0 Å². The summed E-state index contributed by atoms with van der Waals surface area (Å²) in [5.74, 6) is -0.650. The van der Waals surface area contributed by atoms with Gasteiger partial charge in [-0.2, -0.15) is 4.31 Å². The molecule has 0 aliphatic rings. The van der Waals surface area contributed by atoms with Crippen molar-refractivity contribution in [2.75, 3.05) is 37.2 Å². The molecule has 0 bridgehead atoms. The quantitative estimate of drug-likeness (QED) is 0.115. The van der Waals surface area contributed by atoms with Crippen LogP contribution < -0.4 is 4.31 Å². The molecule has 3 aromatic carbocycles. The van der Waals surface area contributed by atoms with Crippen molar-refractivity contribution in [1.29, 1.82) is 0 Å². The lowest BCUT2D eigenvalue weighted by Crippen LogP contribution is -2.34. The molecule has 0 aliphatic heterocycles. The van der Waals surface area contributed by atoms with E-state index in [1.807, 2.05) is 6.92 Å². The van der Waals surface area contributed by atoms with Gasteiger partial charge in [0.05, 0.1) is 40.8 Å². The van der Waals surface area contributed by atoms with Gasteiger partial charge in [0.25, 0.3) is 15.5 Å². The van der Waals surface area contributed by atoms with E-state index in [2.05, 4.69) is 6.58 Å². The summed E-state index contributed by atoms with van der Waals surface area (Å²) in [6.45, 7) is 9.76. The van der Waals surface area contributed by atoms with Crippen LogP contribution in [-0.2, 0) is 33.7 Å². The number of hydrogen-bond acceptors (Lipinski definition) is 8. The van der Waals surface area contributed by atoms with Gasteiger partial charge in [0, 0.05) is 13.1 Å². The van der Waals surface area contributed by atoms with Gasteiger partial charge in [0.1, 0.15) is 5.82 Å². The van der Waals surface area contributed by atoms with E-state index in [1.54, 1.807) is 19.1 Å². The summed E-state index contributed by atoms with van der Waals surface area (Å²) in [7, 11) is -12.7. The summed E-state index contributed by atoms with van der Waals surface area (Å²) in [6.07, 6.45) is 2.92. The highest BCUT2D eigenvalue weighted by molar-refractivity contribution is 7.92. The lowest BCUT2D eigenvalue weighted by molar-refractivity contribution is 0.100. The number of carbonyl (C=O) groups excluding carboxylic acids is 1. The molecule has 0 saturated carbocycles. The average Bonchev–Trinajstić information content (AvgIpc) is 3.00. The lowest BCUT2D eigenvalue weighted by atomic mass is 10.2. The van der Waals surface area contributed by atoms with Crippen molar-refractivity contribution in [3.63, 3.8) is 0 Å². The van der Waals surface area contributed by atoms with Crippen LogP contribution in [0.5, 0.6) is 0 Å². The number of nitrogens with zero attached hydrogens (tertiary/aromatic N) is 2. The maximum Gasteiger partial charge on any atom is 0.401 e. The Morgan fingerprint density at radius 3 is 1.93 bits per heavy atom. The number of rotatable bonds is 17. The molecule has 248 valence electrons. The van der Waals surface area contributed by atoms with Gasteiger partial charge >= 0.3 is 7.60 Å². The molecule has 0 fully saturated rings. The molecular weight excluding hydrogens is 654 g/mol. The van der Waals surface area contributed by atoms with E-state index >= 15 is 0 Å². The summed E-state index contributed by atoms with van der Waals surface area (Å²) < 4.78 is 94.5. The molecule has 10 nitrogen and oxygen atoms in total. The molecule has 46 heavy (non-hydrogen) atoms. The molecule has 0 amide bonds. The van der Waals surface area contributed by atoms with Crippen LogP contribution in [0, 0.1) is 12.7 Å². The monoisotopic (exact) mass is 692 g/mol. The van der Waals surface area contributed by atoms with Gasteiger partial charge in [0.15, 0.2) is 0 Å². The smallest absolute Gasteiger partial charge is 0.303 e. The number of aryl methyl sites for hydroxylation is 1. The van der Waals surface area contributed by atoms with Crippen LogP contribution in [0.3, 0.4) is 0 Å². The van der Waals surface area contributed by atoms with Gasteiger partial charge in [-0.15, -0.1) is 0 Å². The first-order chi connectivity index (χ1) is 21.7.